The van der Waals surface area contributed by atoms with Crippen molar-refractivity contribution < 1.29 is 14.4 Å². The van der Waals surface area contributed by atoms with Gasteiger partial charge in [0.25, 0.3) is 0 Å². The number of likely N-dealkylation sites (N-methyl/N-ethyl adjacent to an activating group) is 1. The van der Waals surface area contributed by atoms with E-state index in [1.165, 1.54) is 11.0 Å². The van der Waals surface area contributed by atoms with Crippen LogP contribution in [-0.2, 0) is 20.8 Å². The molecule has 6 nitrogen and oxygen atoms in total. The lowest BCUT2D eigenvalue weighted by molar-refractivity contribution is -0.134. The Kier molecular flexibility index (Phi) is 6.74. The number of nitrogens with zero attached hydrogens (tertiary/aromatic N) is 2. The van der Waals surface area contributed by atoms with Crippen LogP contribution in [0.25, 0.3) is 0 Å². The maximum absolute atomic E-state index is 12.5. The number of benzene rings is 1. The number of piperidine rings is 1. The Balaban J connectivity index is 1.83. The Labute approximate surface area is 148 Å². The van der Waals surface area contributed by atoms with Crippen LogP contribution in [0.1, 0.15) is 18.4 Å². The Hall–Kier alpha value is -2.63. The van der Waals surface area contributed by atoms with Crippen LogP contribution in [0.5, 0.6) is 0 Å². The highest BCUT2D eigenvalue weighted by Crippen LogP contribution is 2.12. The minimum atomic E-state index is -0.293. The van der Waals surface area contributed by atoms with Crippen molar-refractivity contribution in [3.63, 3.8) is 0 Å². The predicted octanol–water partition coefficient (Wildman–Crippen LogP) is 0.981. The van der Waals surface area contributed by atoms with E-state index in [1.54, 1.807) is 11.9 Å². The number of hydrogen-bond donors (Lipinski definition) is 1. The van der Waals surface area contributed by atoms with Gasteiger partial charge in [0.1, 0.15) is 0 Å². The van der Waals surface area contributed by atoms with Crippen molar-refractivity contribution >= 4 is 17.7 Å². The molecule has 1 aromatic carbocycles. The Morgan fingerprint density at radius 3 is 2.72 bits per heavy atom. The molecule has 0 spiro atoms. The van der Waals surface area contributed by atoms with Crippen molar-refractivity contribution in [1.29, 1.82) is 0 Å². The molecule has 0 aromatic heterocycles. The minimum absolute atomic E-state index is 0.0146. The summed E-state index contributed by atoms with van der Waals surface area (Å²) in [6.45, 7) is 4.61. The van der Waals surface area contributed by atoms with Gasteiger partial charge in [0.15, 0.2) is 0 Å². The van der Waals surface area contributed by atoms with Crippen LogP contribution in [0.15, 0.2) is 43.0 Å². The Morgan fingerprint density at radius 1 is 1.32 bits per heavy atom. The lowest BCUT2D eigenvalue weighted by atomic mass is 10.0. The third-order valence-corrected chi connectivity index (χ3v) is 4.27. The SMILES string of the molecule is C=CC(=O)N(C)CC(=O)NC1CCCN(C(=O)Cc2ccccc2)C1. The number of nitrogens with one attached hydrogen (secondary N) is 1. The fourth-order valence-corrected chi connectivity index (χ4v) is 2.93. The third-order valence-electron chi connectivity index (χ3n) is 4.27. The molecule has 134 valence electrons. The molecule has 1 aromatic rings. The lowest BCUT2D eigenvalue weighted by Crippen LogP contribution is -2.51. The van der Waals surface area contributed by atoms with Crippen molar-refractivity contribution in [2.45, 2.75) is 25.3 Å². The van der Waals surface area contributed by atoms with Crippen LogP contribution in [0, 0.1) is 0 Å². The standard InChI is InChI=1S/C19H25N3O3/c1-3-18(24)21(2)14-17(23)20-16-10-7-11-22(13-16)19(25)12-15-8-5-4-6-9-15/h3-6,8-9,16H,1,7,10-14H2,2H3,(H,20,23). The number of hydrogen-bond acceptors (Lipinski definition) is 3. The molecule has 1 N–H and O–H groups in total. The molecular weight excluding hydrogens is 318 g/mol. The summed E-state index contributed by atoms with van der Waals surface area (Å²) in [6, 6.07) is 9.56. The molecule has 1 fully saturated rings. The zero-order valence-electron chi connectivity index (χ0n) is 14.6. The monoisotopic (exact) mass is 343 g/mol. The van der Waals surface area contributed by atoms with Crippen LogP contribution in [-0.4, -0.2) is 60.2 Å². The van der Waals surface area contributed by atoms with E-state index in [9.17, 15) is 14.4 Å². The molecule has 1 unspecified atom stereocenters. The van der Waals surface area contributed by atoms with Crippen LogP contribution >= 0.6 is 0 Å². The van der Waals surface area contributed by atoms with Gasteiger partial charge in [0.05, 0.1) is 13.0 Å². The molecule has 1 atom stereocenters. The molecule has 2 rings (SSSR count). The fourth-order valence-electron chi connectivity index (χ4n) is 2.93. The highest BCUT2D eigenvalue weighted by molar-refractivity contribution is 5.90. The number of likely N-dealkylation sites (tertiary alicyclic amines) is 1. The predicted molar refractivity (Wildman–Crippen MR) is 95.7 cm³/mol. The van der Waals surface area contributed by atoms with E-state index in [1.807, 2.05) is 30.3 Å². The highest BCUT2D eigenvalue weighted by atomic mass is 16.2. The Bertz CT molecular complexity index is 630. The first-order valence-corrected chi connectivity index (χ1v) is 8.48. The summed E-state index contributed by atoms with van der Waals surface area (Å²) in [5.74, 6) is -0.442. The minimum Gasteiger partial charge on any atom is -0.350 e. The van der Waals surface area contributed by atoms with Gasteiger partial charge in [-0.25, -0.2) is 0 Å². The normalized spacial score (nSPS) is 16.8. The van der Waals surface area contributed by atoms with E-state index >= 15 is 0 Å². The van der Waals surface area contributed by atoms with Gasteiger partial charge in [-0.1, -0.05) is 36.9 Å². The van der Waals surface area contributed by atoms with Gasteiger partial charge in [0, 0.05) is 26.2 Å². The summed E-state index contributed by atoms with van der Waals surface area (Å²) in [7, 11) is 1.56. The number of amides is 3. The first-order valence-electron chi connectivity index (χ1n) is 8.48. The van der Waals surface area contributed by atoms with E-state index in [4.69, 9.17) is 0 Å². The molecule has 0 saturated carbocycles. The Morgan fingerprint density at radius 2 is 2.04 bits per heavy atom. The smallest absolute Gasteiger partial charge is 0.246 e. The molecule has 0 aliphatic carbocycles. The molecule has 3 amide bonds. The second-order valence-corrected chi connectivity index (χ2v) is 6.31. The van der Waals surface area contributed by atoms with Crippen molar-refractivity contribution in [3.05, 3.63) is 48.6 Å². The zero-order chi connectivity index (χ0) is 18.2. The van der Waals surface area contributed by atoms with Crippen LogP contribution in [0.4, 0.5) is 0 Å². The molecule has 6 heteroatoms. The van der Waals surface area contributed by atoms with Crippen LogP contribution < -0.4 is 5.32 Å². The van der Waals surface area contributed by atoms with E-state index in [-0.39, 0.29) is 30.3 Å². The molecular formula is C19H25N3O3. The zero-order valence-corrected chi connectivity index (χ0v) is 14.6. The molecule has 1 heterocycles. The summed E-state index contributed by atoms with van der Waals surface area (Å²) >= 11 is 0. The van der Waals surface area contributed by atoms with Crippen LogP contribution in [0.2, 0.25) is 0 Å². The average Bonchev–Trinajstić information content (AvgIpc) is 2.61. The van der Waals surface area contributed by atoms with E-state index in [0.717, 1.165) is 18.4 Å². The maximum Gasteiger partial charge on any atom is 0.246 e. The summed E-state index contributed by atoms with van der Waals surface area (Å²) in [4.78, 5) is 39.1. The summed E-state index contributed by atoms with van der Waals surface area (Å²) < 4.78 is 0. The van der Waals surface area contributed by atoms with Gasteiger partial charge in [-0.2, -0.15) is 0 Å². The number of carbonyl (C=O) groups excluding carboxylic acids is 3. The second-order valence-electron chi connectivity index (χ2n) is 6.31. The number of rotatable bonds is 6. The highest BCUT2D eigenvalue weighted by Gasteiger charge is 2.25. The largest absolute Gasteiger partial charge is 0.350 e. The second kappa shape index (κ2) is 9.01. The van der Waals surface area contributed by atoms with E-state index in [2.05, 4.69) is 11.9 Å². The third kappa shape index (κ3) is 5.74. The summed E-state index contributed by atoms with van der Waals surface area (Å²) in [5, 5.41) is 2.92. The first kappa shape index (κ1) is 18.7. The summed E-state index contributed by atoms with van der Waals surface area (Å²) in [5.41, 5.74) is 0.989. The topological polar surface area (TPSA) is 69.7 Å². The van der Waals surface area contributed by atoms with Gasteiger partial charge in [-0.3, -0.25) is 14.4 Å². The van der Waals surface area contributed by atoms with Gasteiger partial charge in [0.2, 0.25) is 17.7 Å². The van der Waals surface area contributed by atoms with E-state index in [0.29, 0.717) is 19.5 Å². The van der Waals surface area contributed by atoms with Gasteiger partial charge >= 0.3 is 0 Å². The maximum atomic E-state index is 12.5. The fraction of sp³-hybridized carbons (Fsp3) is 0.421. The van der Waals surface area contributed by atoms with E-state index < -0.39 is 0 Å². The molecule has 0 radical (unpaired) electrons. The first-order chi connectivity index (χ1) is 12.0. The van der Waals surface area contributed by atoms with Crippen molar-refractivity contribution in [2.75, 3.05) is 26.7 Å². The molecule has 1 aliphatic heterocycles. The molecule has 1 saturated heterocycles. The number of carbonyl (C=O) groups is 3. The quantitative estimate of drug-likeness (QED) is 0.783. The average molecular weight is 343 g/mol. The molecule has 25 heavy (non-hydrogen) atoms. The van der Waals surface area contributed by atoms with Gasteiger partial charge in [-0.15, -0.1) is 0 Å². The van der Waals surface area contributed by atoms with Crippen molar-refractivity contribution in [3.8, 4) is 0 Å². The van der Waals surface area contributed by atoms with Gasteiger partial charge < -0.3 is 15.1 Å². The van der Waals surface area contributed by atoms with Crippen molar-refractivity contribution in [2.24, 2.45) is 0 Å². The van der Waals surface area contributed by atoms with Crippen molar-refractivity contribution in [1.82, 2.24) is 15.1 Å². The lowest BCUT2D eigenvalue weighted by Gasteiger charge is -2.33. The molecule has 0 bridgehead atoms. The molecule has 1 aliphatic rings. The van der Waals surface area contributed by atoms with Gasteiger partial charge in [-0.05, 0) is 24.5 Å². The van der Waals surface area contributed by atoms with Crippen LogP contribution in [0.3, 0.4) is 0 Å². The summed E-state index contributed by atoms with van der Waals surface area (Å²) in [6.07, 6.45) is 3.24.